The fraction of sp³-hybridized carbons (Fsp3) is 0.462. The van der Waals surface area contributed by atoms with E-state index in [0.29, 0.717) is 13.0 Å². The van der Waals surface area contributed by atoms with E-state index in [0.717, 1.165) is 5.56 Å². The molecule has 0 fully saturated rings. The molecule has 0 aliphatic rings. The molecule has 16 heavy (non-hydrogen) atoms. The van der Waals surface area contributed by atoms with Crippen LogP contribution in [0.1, 0.15) is 12.5 Å². The molecule has 1 unspecified atom stereocenters. The summed E-state index contributed by atoms with van der Waals surface area (Å²) in [7, 11) is 1.62. The van der Waals surface area contributed by atoms with Gasteiger partial charge in [0, 0.05) is 13.5 Å². The fourth-order valence-corrected chi connectivity index (χ4v) is 1.39. The molecule has 0 aromatic heterocycles. The summed E-state index contributed by atoms with van der Waals surface area (Å²) >= 11 is 0. The van der Waals surface area contributed by atoms with E-state index in [1.807, 2.05) is 37.3 Å². The van der Waals surface area contributed by atoms with Crippen LogP contribution in [0.25, 0.3) is 0 Å². The lowest BCUT2D eigenvalue weighted by atomic mass is 10.1. The fourth-order valence-electron chi connectivity index (χ4n) is 1.39. The van der Waals surface area contributed by atoms with Crippen molar-refractivity contribution < 1.29 is 14.3 Å². The second kappa shape index (κ2) is 7.14. The average molecular weight is 222 g/mol. The summed E-state index contributed by atoms with van der Waals surface area (Å²) in [4.78, 5) is 11.6. The molecule has 3 nitrogen and oxygen atoms in total. The molecule has 0 radical (unpaired) electrons. The second-order valence-electron chi connectivity index (χ2n) is 3.78. The summed E-state index contributed by atoms with van der Waals surface area (Å²) in [6.07, 6.45) is 0.394. The van der Waals surface area contributed by atoms with Gasteiger partial charge >= 0.3 is 0 Å². The van der Waals surface area contributed by atoms with Gasteiger partial charge in [0.2, 0.25) is 0 Å². The Bertz CT molecular complexity index is 308. The zero-order valence-corrected chi connectivity index (χ0v) is 9.81. The number of ether oxygens (including phenoxy) is 2. The van der Waals surface area contributed by atoms with Crippen molar-refractivity contribution >= 4 is 5.78 Å². The van der Waals surface area contributed by atoms with Gasteiger partial charge in [0.15, 0.2) is 5.78 Å². The molecule has 0 aliphatic carbocycles. The van der Waals surface area contributed by atoms with Crippen molar-refractivity contribution in [1.29, 1.82) is 0 Å². The van der Waals surface area contributed by atoms with Crippen LogP contribution in [0.2, 0.25) is 0 Å². The number of rotatable bonds is 7. The van der Waals surface area contributed by atoms with E-state index in [1.165, 1.54) is 0 Å². The Labute approximate surface area is 96.4 Å². The molecule has 0 bridgehead atoms. The zero-order chi connectivity index (χ0) is 11.8. The molecule has 0 saturated carbocycles. The van der Waals surface area contributed by atoms with E-state index in [1.54, 1.807) is 7.11 Å². The molecule has 1 atom stereocenters. The van der Waals surface area contributed by atoms with Gasteiger partial charge in [-0.15, -0.1) is 0 Å². The number of Topliss-reactive ketones (excluding diaryl/α,β-unsaturated/α-hetero) is 1. The lowest BCUT2D eigenvalue weighted by Gasteiger charge is -2.10. The van der Waals surface area contributed by atoms with Crippen LogP contribution in [0.15, 0.2) is 30.3 Å². The highest BCUT2D eigenvalue weighted by Crippen LogP contribution is 2.01. The molecular weight excluding hydrogens is 204 g/mol. The van der Waals surface area contributed by atoms with Crippen molar-refractivity contribution in [1.82, 2.24) is 0 Å². The third-order valence-corrected chi connectivity index (χ3v) is 2.17. The minimum atomic E-state index is -0.0373. The first kappa shape index (κ1) is 12.9. The van der Waals surface area contributed by atoms with Crippen LogP contribution in [0.5, 0.6) is 0 Å². The smallest absolute Gasteiger partial charge is 0.162 e. The van der Waals surface area contributed by atoms with Crippen molar-refractivity contribution in [3.05, 3.63) is 35.9 Å². The topological polar surface area (TPSA) is 35.5 Å². The molecule has 0 heterocycles. The molecule has 0 N–H and O–H groups in total. The molecule has 0 amide bonds. The minimum absolute atomic E-state index is 0.0373. The maximum absolute atomic E-state index is 11.6. The van der Waals surface area contributed by atoms with E-state index in [2.05, 4.69) is 0 Å². The predicted octanol–water partition coefficient (Wildman–Crippen LogP) is 1.85. The van der Waals surface area contributed by atoms with Gasteiger partial charge in [-0.1, -0.05) is 30.3 Å². The zero-order valence-electron chi connectivity index (χ0n) is 9.81. The minimum Gasteiger partial charge on any atom is -0.382 e. The summed E-state index contributed by atoms with van der Waals surface area (Å²) in [5.41, 5.74) is 1.02. The molecule has 88 valence electrons. The van der Waals surface area contributed by atoms with E-state index in [4.69, 9.17) is 9.47 Å². The Balaban J connectivity index is 2.26. The summed E-state index contributed by atoms with van der Waals surface area (Å²) in [5, 5.41) is 0. The van der Waals surface area contributed by atoms with Crippen molar-refractivity contribution in [3.8, 4) is 0 Å². The van der Waals surface area contributed by atoms with Gasteiger partial charge in [-0.3, -0.25) is 4.79 Å². The lowest BCUT2D eigenvalue weighted by Crippen LogP contribution is -2.20. The van der Waals surface area contributed by atoms with Gasteiger partial charge in [-0.2, -0.15) is 0 Å². The van der Waals surface area contributed by atoms with Gasteiger partial charge in [0.05, 0.1) is 12.7 Å². The molecular formula is C13H18O3. The Morgan fingerprint density at radius 3 is 2.62 bits per heavy atom. The molecule has 0 saturated heterocycles. The Hall–Kier alpha value is -1.19. The highest BCUT2D eigenvalue weighted by molar-refractivity contribution is 5.82. The molecule has 3 heteroatoms. The number of hydrogen-bond acceptors (Lipinski definition) is 3. The quantitative estimate of drug-likeness (QED) is 0.706. The summed E-state index contributed by atoms with van der Waals surface area (Å²) in [5.74, 6) is 0.0918. The summed E-state index contributed by atoms with van der Waals surface area (Å²) in [6.45, 7) is 2.55. The van der Waals surface area contributed by atoms with Crippen LogP contribution in [-0.2, 0) is 20.7 Å². The van der Waals surface area contributed by atoms with Crippen molar-refractivity contribution in [3.63, 3.8) is 0 Å². The number of carbonyl (C=O) groups excluding carboxylic acids is 1. The van der Waals surface area contributed by atoms with E-state index in [-0.39, 0.29) is 18.5 Å². The van der Waals surface area contributed by atoms with Gasteiger partial charge in [-0.25, -0.2) is 0 Å². The summed E-state index contributed by atoms with van der Waals surface area (Å²) in [6, 6.07) is 9.67. The highest BCUT2D eigenvalue weighted by Gasteiger charge is 2.07. The molecule has 0 aliphatic heterocycles. The number of methoxy groups -OCH3 is 1. The molecule has 0 spiro atoms. The van der Waals surface area contributed by atoms with Crippen molar-refractivity contribution in [2.24, 2.45) is 0 Å². The van der Waals surface area contributed by atoms with Crippen LogP contribution in [0, 0.1) is 0 Å². The van der Waals surface area contributed by atoms with Gasteiger partial charge in [0.1, 0.15) is 6.61 Å². The van der Waals surface area contributed by atoms with Gasteiger partial charge in [0.25, 0.3) is 0 Å². The third kappa shape index (κ3) is 5.05. The number of carbonyl (C=O) groups is 1. The Morgan fingerprint density at radius 1 is 1.31 bits per heavy atom. The Morgan fingerprint density at radius 2 is 2.00 bits per heavy atom. The molecule has 1 aromatic carbocycles. The first-order valence-electron chi connectivity index (χ1n) is 5.38. The second-order valence-corrected chi connectivity index (χ2v) is 3.78. The summed E-state index contributed by atoms with van der Waals surface area (Å²) < 4.78 is 10.3. The predicted molar refractivity (Wildman–Crippen MR) is 62.4 cm³/mol. The largest absolute Gasteiger partial charge is 0.382 e. The normalized spacial score (nSPS) is 12.4. The van der Waals surface area contributed by atoms with E-state index >= 15 is 0 Å². The number of hydrogen-bond donors (Lipinski definition) is 0. The maximum Gasteiger partial charge on any atom is 0.162 e. The van der Waals surface area contributed by atoms with Crippen LogP contribution in [0.3, 0.4) is 0 Å². The van der Waals surface area contributed by atoms with Crippen molar-refractivity contribution in [2.75, 3.05) is 20.3 Å². The SMILES string of the molecule is COCC(C)OCC(=O)Cc1ccccc1. The van der Waals surface area contributed by atoms with Crippen LogP contribution in [-0.4, -0.2) is 32.2 Å². The average Bonchev–Trinajstić information content (AvgIpc) is 2.28. The van der Waals surface area contributed by atoms with Gasteiger partial charge < -0.3 is 9.47 Å². The number of ketones is 1. The highest BCUT2D eigenvalue weighted by atomic mass is 16.5. The van der Waals surface area contributed by atoms with E-state index in [9.17, 15) is 4.79 Å². The molecule has 1 rings (SSSR count). The number of benzene rings is 1. The lowest BCUT2D eigenvalue weighted by molar-refractivity contribution is -0.125. The third-order valence-electron chi connectivity index (χ3n) is 2.17. The van der Waals surface area contributed by atoms with Crippen LogP contribution < -0.4 is 0 Å². The first-order valence-corrected chi connectivity index (χ1v) is 5.38. The standard InChI is InChI=1S/C13H18O3/c1-11(9-15-2)16-10-13(14)8-12-6-4-3-5-7-12/h3-7,11H,8-10H2,1-2H3. The van der Waals surface area contributed by atoms with Crippen molar-refractivity contribution in [2.45, 2.75) is 19.4 Å². The Kier molecular flexibility index (Phi) is 5.75. The monoisotopic (exact) mass is 222 g/mol. The van der Waals surface area contributed by atoms with Crippen LogP contribution in [0.4, 0.5) is 0 Å². The van der Waals surface area contributed by atoms with Crippen LogP contribution >= 0.6 is 0 Å². The maximum atomic E-state index is 11.6. The van der Waals surface area contributed by atoms with E-state index < -0.39 is 0 Å². The van der Waals surface area contributed by atoms with Gasteiger partial charge in [-0.05, 0) is 12.5 Å². The first-order chi connectivity index (χ1) is 7.72. The molecule has 1 aromatic rings.